The van der Waals surface area contributed by atoms with Crippen molar-refractivity contribution in [2.45, 2.75) is 13.8 Å². The van der Waals surface area contributed by atoms with E-state index in [1.54, 1.807) is 41.7 Å². The SMILES string of the molecule is CC(=O)Nc1cc(N(c2ccsc2)c2cccs2)ccc1/N=N/c1nc(C)c(C(=O)c2ccccc2)s1. The zero-order valence-corrected chi connectivity index (χ0v) is 22.4. The molecular weight excluding hydrogens is 523 g/mol. The lowest BCUT2D eigenvalue weighted by atomic mass is 10.1. The maximum atomic E-state index is 12.9. The molecule has 1 amide bonds. The highest BCUT2D eigenvalue weighted by Crippen LogP contribution is 2.41. The molecule has 0 fully saturated rings. The van der Waals surface area contributed by atoms with E-state index in [4.69, 9.17) is 0 Å². The number of hydrogen-bond donors (Lipinski definition) is 1. The van der Waals surface area contributed by atoms with Gasteiger partial charge in [-0.05, 0) is 54.1 Å². The molecule has 1 N–H and O–H groups in total. The molecule has 2 aromatic carbocycles. The summed E-state index contributed by atoms with van der Waals surface area (Å²) in [6.07, 6.45) is 0. The van der Waals surface area contributed by atoms with E-state index in [1.165, 1.54) is 18.3 Å². The van der Waals surface area contributed by atoms with E-state index in [2.05, 4.69) is 36.9 Å². The third-order valence-electron chi connectivity index (χ3n) is 5.31. The fraction of sp³-hybridized carbons (Fsp3) is 0.0741. The van der Waals surface area contributed by atoms with Gasteiger partial charge in [0.2, 0.25) is 16.8 Å². The lowest BCUT2D eigenvalue weighted by Gasteiger charge is -2.23. The highest BCUT2D eigenvalue weighted by atomic mass is 32.1. The Hall–Kier alpha value is -3.99. The fourth-order valence-electron chi connectivity index (χ4n) is 3.68. The molecule has 0 aliphatic rings. The van der Waals surface area contributed by atoms with Crippen LogP contribution in [0.1, 0.15) is 27.9 Å². The quantitative estimate of drug-likeness (QED) is 0.157. The van der Waals surface area contributed by atoms with Crippen LogP contribution in [-0.2, 0) is 4.79 Å². The van der Waals surface area contributed by atoms with Crippen molar-refractivity contribution >= 4 is 78.6 Å². The summed E-state index contributed by atoms with van der Waals surface area (Å²) in [7, 11) is 0. The van der Waals surface area contributed by atoms with Crippen LogP contribution in [0.3, 0.4) is 0 Å². The molecule has 0 aliphatic carbocycles. The van der Waals surface area contributed by atoms with Gasteiger partial charge in [-0.25, -0.2) is 4.98 Å². The van der Waals surface area contributed by atoms with Gasteiger partial charge in [0.25, 0.3) is 0 Å². The Morgan fingerprint density at radius 2 is 1.78 bits per heavy atom. The first-order chi connectivity index (χ1) is 18.0. The maximum absolute atomic E-state index is 12.9. The number of nitrogens with one attached hydrogen (secondary N) is 1. The molecule has 37 heavy (non-hydrogen) atoms. The van der Waals surface area contributed by atoms with Gasteiger partial charge in [-0.1, -0.05) is 41.7 Å². The Morgan fingerprint density at radius 1 is 0.946 bits per heavy atom. The van der Waals surface area contributed by atoms with Crippen LogP contribution in [0.2, 0.25) is 0 Å². The van der Waals surface area contributed by atoms with Crippen molar-refractivity contribution in [2.75, 3.05) is 10.2 Å². The van der Waals surface area contributed by atoms with Gasteiger partial charge < -0.3 is 10.2 Å². The van der Waals surface area contributed by atoms with Crippen LogP contribution in [0.5, 0.6) is 0 Å². The molecular formula is C27H21N5O2S3. The third kappa shape index (κ3) is 5.56. The number of benzene rings is 2. The lowest BCUT2D eigenvalue weighted by molar-refractivity contribution is -0.114. The van der Waals surface area contributed by atoms with Gasteiger partial charge in [0.15, 0.2) is 0 Å². The van der Waals surface area contributed by atoms with E-state index < -0.39 is 0 Å². The average molecular weight is 544 g/mol. The highest BCUT2D eigenvalue weighted by molar-refractivity contribution is 7.17. The number of aryl methyl sites for hydroxylation is 1. The number of azo groups is 1. The van der Waals surface area contributed by atoms with Crippen molar-refractivity contribution < 1.29 is 9.59 Å². The minimum absolute atomic E-state index is 0.0950. The zero-order valence-electron chi connectivity index (χ0n) is 19.9. The van der Waals surface area contributed by atoms with Gasteiger partial charge in [-0.15, -0.1) is 21.6 Å². The first-order valence-electron chi connectivity index (χ1n) is 11.3. The Balaban J connectivity index is 1.47. The van der Waals surface area contributed by atoms with Crippen molar-refractivity contribution in [2.24, 2.45) is 10.2 Å². The van der Waals surface area contributed by atoms with Gasteiger partial charge >= 0.3 is 0 Å². The topological polar surface area (TPSA) is 87.0 Å². The number of thiophene rings is 2. The molecule has 0 spiro atoms. The van der Waals surface area contributed by atoms with Crippen molar-refractivity contribution in [3.8, 4) is 0 Å². The number of anilines is 4. The van der Waals surface area contributed by atoms with E-state index in [0.717, 1.165) is 16.4 Å². The molecule has 3 aromatic heterocycles. The number of carbonyl (C=O) groups excluding carboxylic acids is 2. The predicted octanol–water partition coefficient (Wildman–Crippen LogP) is 8.65. The third-order valence-corrected chi connectivity index (χ3v) is 7.88. The fourth-order valence-corrected chi connectivity index (χ4v) is 5.92. The Morgan fingerprint density at radius 3 is 2.49 bits per heavy atom. The summed E-state index contributed by atoms with van der Waals surface area (Å²) in [5.74, 6) is -0.310. The molecule has 0 bridgehead atoms. The smallest absolute Gasteiger partial charge is 0.230 e. The number of nitrogens with zero attached hydrogens (tertiary/aromatic N) is 4. The van der Waals surface area contributed by atoms with Gasteiger partial charge in [0.1, 0.15) is 10.6 Å². The molecule has 0 saturated carbocycles. The molecule has 0 saturated heterocycles. The van der Waals surface area contributed by atoms with Gasteiger partial charge in [-0.3, -0.25) is 9.59 Å². The number of rotatable bonds is 8. The maximum Gasteiger partial charge on any atom is 0.230 e. The van der Waals surface area contributed by atoms with Gasteiger partial charge in [0, 0.05) is 23.6 Å². The molecule has 184 valence electrons. The van der Waals surface area contributed by atoms with Crippen LogP contribution in [-0.4, -0.2) is 16.7 Å². The van der Waals surface area contributed by atoms with Crippen molar-refractivity contribution in [3.63, 3.8) is 0 Å². The molecule has 0 atom stereocenters. The summed E-state index contributed by atoms with van der Waals surface area (Å²) in [6.45, 7) is 3.24. The summed E-state index contributed by atoms with van der Waals surface area (Å²) in [5, 5.41) is 19.1. The van der Waals surface area contributed by atoms with Crippen molar-refractivity contribution in [3.05, 3.63) is 99.0 Å². The second-order valence-electron chi connectivity index (χ2n) is 7.96. The van der Waals surface area contributed by atoms with Gasteiger partial charge in [0.05, 0.1) is 22.1 Å². The number of ketones is 1. The molecule has 0 radical (unpaired) electrons. The number of thiazole rings is 1. The molecule has 0 unspecified atom stereocenters. The summed E-state index contributed by atoms with van der Waals surface area (Å²) < 4.78 is 0. The largest absolute Gasteiger partial charge is 0.324 e. The molecule has 0 aliphatic heterocycles. The minimum Gasteiger partial charge on any atom is -0.324 e. The number of hydrogen-bond acceptors (Lipinski definition) is 9. The molecule has 3 heterocycles. The first kappa shape index (κ1) is 24.7. The molecule has 10 heteroatoms. The van der Waals surface area contributed by atoms with Crippen LogP contribution in [0.15, 0.2) is 93.1 Å². The Bertz CT molecular complexity index is 1520. The number of carbonyl (C=O) groups is 2. The van der Waals surface area contributed by atoms with Gasteiger partial charge in [-0.2, -0.15) is 11.3 Å². The average Bonchev–Trinajstić information content (AvgIpc) is 3.67. The van der Waals surface area contributed by atoms with E-state index in [9.17, 15) is 9.59 Å². The van der Waals surface area contributed by atoms with E-state index in [0.29, 0.717) is 32.6 Å². The molecule has 7 nitrogen and oxygen atoms in total. The highest BCUT2D eigenvalue weighted by Gasteiger charge is 2.18. The standard InChI is InChI=1S/C27H21N5O2S3/c1-17-26(25(34)19-7-4-3-5-8-19)37-27(28-17)31-30-22-11-10-20(15-23(22)29-18(2)33)32(21-12-14-35-16-21)24-9-6-13-36-24/h3-16H,1-2H3,(H,29,33)/b31-30+. The summed E-state index contributed by atoms with van der Waals surface area (Å²) in [5.41, 5.74) is 4.13. The predicted molar refractivity (Wildman–Crippen MR) is 152 cm³/mol. The van der Waals surface area contributed by atoms with E-state index in [-0.39, 0.29) is 11.7 Å². The molecule has 5 rings (SSSR count). The van der Waals surface area contributed by atoms with Crippen molar-refractivity contribution in [1.82, 2.24) is 4.98 Å². The minimum atomic E-state index is -0.215. The Kier molecular flexibility index (Phi) is 7.31. The van der Waals surface area contributed by atoms with Crippen LogP contribution in [0.25, 0.3) is 0 Å². The number of aromatic nitrogens is 1. The second kappa shape index (κ2) is 11.0. The van der Waals surface area contributed by atoms with E-state index >= 15 is 0 Å². The second-order valence-corrected chi connectivity index (χ2v) is 10.6. The zero-order chi connectivity index (χ0) is 25.8. The van der Waals surface area contributed by atoms with E-state index in [1.807, 2.05) is 59.3 Å². The van der Waals surface area contributed by atoms with Crippen LogP contribution >= 0.6 is 34.0 Å². The number of amides is 1. The summed E-state index contributed by atoms with van der Waals surface area (Å²) in [4.78, 5) is 31.9. The molecule has 5 aromatic rings. The van der Waals surface area contributed by atoms with Crippen LogP contribution in [0.4, 0.5) is 32.9 Å². The monoisotopic (exact) mass is 543 g/mol. The van der Waals surface area contributed by atoms with Crippen molar-refractivity contribution in [1.29, 1.82) is 0 Å². The summed E-state index contributed by atoms with van der Waals surface area (Å²) in [6, 6.07) is 20.8. The lowest BCUT2D eigenvalue weighted by Crippen LogP contribution is -2.10. The van der Waals surface area contributed by atoms with Crippen LogP contribution in [0, 0.1) is 6.92 Å². The summed E-state index contributed by atoms with van der Waals surface area (Å²) >= 11 is 4.44. The first-order valence-corrected chi connectivity index (χ1v) is 13.9. The van der Waals surface area contributed by atoms with Crippen LogP contribution < -0.4 is 10.2 Å². The Labute approximate surface area is 225 Å². The normalized spacial score (nSPS) is 11.1.